The lowest BCUT2D eigenvalue weighted by molar-refractivity contribution is -0.383. The largest absolute Gasteiger partial charge is 0.341 e. The van der Waals surface area contributed by atoms with Gasteiger partial charge in [0, 0.05) is 11.1 Å². The van der Waals surface area contributed by atoms with Gasteiger partial charge in [-0.3, -0.25) is 10.1 Å². The Hall–Kier alpha value is -1.95. The van der Waals surface area contributed by atoms with Crippen LogP contribution in [0.4, 0.5) is 5.69 Å². The van der Waals surface area contributed by atoms with Gasteiger partial charge >= 0.3 is 0 Å². The van der Waals surface area contributed by atoms with E-state index < -0.39 is 10.8 Å². The maximum atomic E-state index is 10.8. The van der Waals surface area contributed by atoms with Gasteiger partial charge in [0.15, 0.2) is 5.52 Å². The monoisotopic (exact) mass is 253 g/mol. The van der Waals surface area contributed by atoms with Crippen LogP contribution in [-0.4, -0.2) is 21.2 Å². The first-order valence-corrected chi connectivity index (χ1v) is 5.19. The molecule has 2 rings (SSSR count). The van der Waals surface area contributed by atoms with Crippen molar-refractivity contribution < 1.29 is 9.72 Å². The van der Waals surface area contributed by atoms with Crippen LogP contribution in [0, 0.1) is 10.1 Å². The highest BCUT2D eigenvalue weighted by Crippen LogP contribution is 2.29. The van der Waals surface area contributed by atoms with Crippen LogP contribution >= 0.6 is 11.6 Å². The number of carbonyl (C=O) groups is 1. The molecule has 1 unspecified atom stereocenters. The molecule has 6 nitrogen and oxygen atoms in total. The van der Waals surface area contributed by atoms with E-state index in [9.17, 15) is 14.9 Å². The van der Waals surface area contributed by atoms with Crippen molar-refractivity contribution in [1.82, 2.24) is 9.97 Å². The molecule has 0 amide bonds. The molecule has 1 aromatic heterocycles. The van der Waals surface area contributed by atoms with Gasteiger partial charge in [-0.1, -0.05) is 11.6 Å². The quantitative estimate of drug-likeness (QED) is 0.517. The van der Waals surface area contributed by atoms with Crippen LogP contribution in [0.1, 0.15) is 18.7 Å². The minimum Gasteiger partial charge on any atom is -0.341 e. The van der Waals surface area contributed by atoms with Gasteiger partial charge in [-0.25, -0.2) is 4.98 Å². The summed E-state index contributed by atoms with van der Waals surface area (Å²) in [7, 11) is 0. The van der Waals surface area contributed by atoms with Crippen LogP contribution in [0.2, 0.25) is 5.02 Å². The molecule has 88 valence electrons. The number of hydrogen-bond donors (Lipinski definition) is 1. The van der Waals surface area contributed by atoms with Gasteiger partial charge in [-0.05, 0) is 13.0 Å². The molecule has 0 aliphatic heterocycles. The number of imidazole rings is 1. The summed E-state index contributed by atoms with van der Waals surface area (Å²) in [6.07, 6.45) is 0.713. The fourth-order valence-electron chi connectivity index (χ4n) is 1.50. The molecule has 2 aromatic rings. The lowest BCUT2D eigenvalue weighted by Gasteiger charge is -1.94. The molecule has 1 atom stereocenters. The number of nitrogens with zero attached hydrogens (tertiary/aromatic N) is 2. The maximum absolute atomic E-state index is 10.8. The van der Waals surface area contributed by atoms with Gasteiger partial charge in [0.05, 0.1) is 16.4 Å². The molecule has 0 fully saturated rings. The molecule has 0 aliphatic rings. The Morgan fingerprint density at radius 3 is 2.88 bits per heavy atom. The van der Waals surface area contributed by atoms with Gasteiger partial charge in [-0.15, -0.1) is 0 Å². The van der Waals surface area contributed by atoms with Gasteiger partial charge in [0.25, 0.3) is 5.69 Å². The predicted octanol–water partition coefficient (Wildman–Crippen LogP) is 2.43. The van der Waals surface area contributed by atoms with Crippen LogP contribution in [0.3, 0.4) is 0 Å². The van der Waals surface area contributed by atoms with E-state index in [1.54, 1.807) is 6.92 Å². The Morgan fingerprint density at radius 2 is 2.29 bits per heavy atom. The van der Waals surface area contributed by atoms with Crippen molar-refractivity contribution in [2.24, 2.45) is 0 Å². The average Bonchev–Trinajstić information content (AvgIpc) is 2.69. The van der Waals surface area contributed by atoms with Crippen molar-refractivity contribution >= 4 is 34.6 Å². The standard InChI is InChI=1S/C10H8ClN3O3/c1-5(4-15)10-12-7-2-6(11)3-8(14(16)17)9(7)13-10/h2-5H,1H3,(H,12,13). The van der Waals surface area contributed by atoms with E-state index in [4.69, 9.17) is 11.6 Å². The van der Waals surface area contributed by atoms with Crippen LogP contribution in [0.5, 0.6) is 0 Å². The van der Waals surface area contributed by atoms with E-state index in [1.165, 1.54) is 12.1 Å². The zero-order chi connectivity index (χ0) is 12.6. The number of benzene rings is 1. The Labute approximate surface area is 101 Å². The molecule has 0 radical (unpaired) electrons. The lowest BCUT2D eigenvalue weighted by atomic mass is 10.2. The number of rotatable bonds is 3. The van der Waals surface area contributed by atoms with Crippen molar-refractivity contribution in [3.05, 3.63) is 33.1 Å². The van der Waals surface area contributed by atoms with Crippen LogP contribution in [0.25, 0.3) is 11.0 Å². The minimum atomic E-state index is -0.551. The summed E-state index contributed by atoms with van der Waals surface area (Å²) >= 11 is 5.77. The first-order valence-electron chi connectivity index (χ1n) is 4.81. The Kier molecular flexibility index (Phi) is 2.81. The summed E-state index contributed by atoms with van der Waals surface area (Å²) in [5.41, 5.74) is 0.490. The Bertz CT molecular complexity index is 608. The van der Waals surface area contributed by atoms with Crippen molar-refractivity contribution in [2.75, 3.05) is 0 Å². The third-order valence-electron chi connectivity index (χ3n) is 2.38. The third kappa shape index (κ3) is 1.99. The smallest absolute Gasteiger partial charge is 0.298 e. The second kappa shape index (κ2) is 4.14. The fourth-order valence-corrected chi connectivity index (χ4v) is 1.72. The minimum absolute atomic E-state index is 0.173. The molecular weight excluding hydrogens is 246 g/mol. The number of hydrogen-bond acceptors (Lipinski definition) is 4. The van der Waals surface area contributed by atoms with Crippen molar-refractivity contribution in [3.8, 4) is 0 Å². The summed E-state index contributed by atoms with van der Waals surface area (Å²) in [6.45, 7) is 1.65. The number of nitro benzene ring substituents is 1. The summed E-state index contributed by atoms with van der Waals surface area (Å²) in [6, 6.07) is 2.78. The van der Waals surface area contributed by atoms with Crippen LogP contribution < -0.4 is 0 Å². The molecule has 1 aromatic carbocycles. The second-order valence-corrected chi connectivity index (χ2v) is 4.06. The number of fused-ring (bicyclic) bond motifs is 1. The van der Waals surface area contributed by atoms with Gasteiger partial charge < -0.3 is 9.78 Å². The normalized spacial score (nSPS) is 12.6. The number of aldehydes is 1. The summed E-state index contributed by atoms with van der Waals surface area (Å²) in [4.78, 5) is 27.8. The molecule has 0 saturated heterocycles. The molecule has 17 heavy (non-hydrogen) atoms. The molecule has 0 aliphatic carbocycles. The predicted molar refractivity (Wildman–Crippen MR) is 62.2 cm³/mol. The van der Waals surface area contributed by atoms with E-state index in [2.05, 4.69) is 9.97 Å². The van der Waals surface area contributed by atoms with Crippen molar-refractivity contribution in [1.29, 1.82) is 0 Å². The van der Waals surface area contributed by atoms with Crippen LogP contribution in [0.15, 0.2) is 12.1 Å². The Balaban J connectivity index is 2.71. The van der Waals surface area contributed by atoms with E-state index in [0.717, 1.165) is 0 Å². The SMILES string of the molecule is CC(C=O)c1nc2c([N+](=O)[O-])cc(Cl)cc2[nH]1. The van der Waals surface area contributed by atoms with Gasteiger partial charge in [-0.2, -0.15) is 0 Å². The molecule has 7 heteroatoms. The third-order valence-corrected chi connectivity index (χ3v) is 2.60. The van der Waals surface area contributed by atoms with Gasteiger partial charge in [0.1, 0.15) is 12.1 Å². The van der Waals surface area contributed by atoms with Crippen molar-refractivity contribution in [3.63, 3.8) is 0 Å². The number of aromatic amines is 1. The molecule has 0 saturated carbocycles. The number of H-pyrrole nitrogens is 1. The fraction of sp³-hybridized carbons (Fsp3) is 0.200. The number of carbonyl (C=O) groups excluding carboxylic acids is 1. The van der Waals surface area contributed by atoms with E-state index in [0.29, 0.717) is 17.6 Å². The molecule has 0 bridgehead atoms. The molecule has 1 N–H and O–H groups in total. The number of aromatic nitrogens is 2. The number of non-ortho nitro benzene ring substituents is 1. The second-order valence-electron chi connectivity index (χ2n) is 3.62. The first-order chi connectivity index (χ1) is 8.02. The average molecular weight is 254 g/mol. The van der Waals surface area contributed by atoms with Crippen LogP contribution in [-0.2, 0) is 4.79 Å². The Morgan fingerprint density at radius 1 is 1.59 bits per heavy atom. The molecule has 1 heterocycles. The van der Waals surface area contributed by atoms with E-state index in [1.807, 2.05) is 0 Å². The zero-order valence-electron chi connectivity index (χ0n) is 8.81. The van der Waals surface area contributed by atoms with Gasteiger partial charge in [0.2, 0.25) is 0 Å². The zero-order valence-corrected chi connectivity index (χ0v) is 9.56. The molecular formula is C10H8ClN3O3. The topological polar surface area (TPSA) is 88.9 Å². The molecule has 0 spiro atoms. The maximum Gasteiger partial charge on any atom is 0.298 e. The van der Waals surface area contributed by atoms with Crippen molar-refractivity contribution in [2.45, 2.75) is 12.8 Å². The highest BCUT2D eigenvalue weighted by Gasteiger charge is 2.19. The number of nitrogens with one attached hydrogen (secondary N) is 1. The number of nitro groups is 1. The highest BCUT2D eigenvalue weighted by molar-refractivity contribution is 6.31. The van der Waals surface area contributed by atoms with E-state index >= 15 is 0 Å². The van der Waals surface area contributed by atoms with E-state index in [-0.39, 0.29) is 16.2 Å². The summed E-state index contributed by atoms with van der Waals surface area (Å²) in [5.74, 6) is -0.0545. The summed E-state index contributed by atoms with van der Waals surface area (Å²) < 4.78 is 0. The highest BCUT2D eigenvalue weighted by atomic mass is 35.5. The first kappa shape index (κ1) is 11.5. The number of halogens is 1. The lowest BCUT2D eigenvalue weighted by Crippen LogP contribution is -1.96. The summed E-state index contributed by atoms with van der Waals surface area (Å²) in [5, 5.41) is 11.1.